The van der Waals surface area contributed by atoms with Gasteiger partial charge in [0.2, 0.25) is 5.91 Å². The molecule has 2 heterocycles. The molecule has 1 aliphatic carbocycles. The van der Waals surface area contributed by atoms with E-state index in [0.717, 1.165) is 61.4 Å². The summed E-state index contributed by atoms with van der Waals surface area (Å²) in [7, 11) is 1.69. The highest BCUT2D eigenvalue weighted by atomic mass is 16.5. The lowest BCUT2D eigenvalue weighted by Crippen LogP contribution is -2.49. The highest BCUT2D eigenvalue weighted by Crippen LogP contribution is 2.33. The normalized spacial score (nSPS) is 18.1. The Hall–Kier alpha value is -2.30. The average Bonchev–Trinajstić information content (AvgIpc) is 3.45. The minimum atomic E-state index is 0.310. The lowest BCUT2D eigenvalue weighted by molar-refractivity contribution is -0.132. The van der Waals surface area contributed by atoms with Gasteiger partial charge in [-0.25, -0.2) is 0 Å². The van der Waals surface area contributed by atoms with Crippen LogP contribution in [0.15, 0.2) is 24.3 Å². The first-order chi connectivity index (χ1) is 11.7. The first kappa shape index (κ1) is 15.2. The molecule has 1 saturated heterocycles. The van der Waals surface area contributed by atoms with E-state index in [1.54, 1.807) is 7.11 Å². The van der Waals surface area contributed by atoms with Gasteiger partial charge >= 0.3 is 0 Å². The van der Waals surface area contributed by atoms with Gasteiger partial charge in [0, 0.05) is 48.9 Å². The molecule has 0 unspecified atom stereocenters. The number of methoxy groups -OCH3 is 1. The number of carbonyl (C=O) groups is 1. The number of piperazine rings is 1. The predicted octanol–water partition coefficient (Wildman–Crippen LogP) is 2.61. The standard InChI is InChI=1S/C19H23N3O2/c1-13-11-18(16-12-15(24-2)5-6-17(16)20-13)21-7-9-22(10-8-21)19(23)14-3-4-14/h5-6,11-12,14H,3-4,7-10H2,1-2H3. The molecule has 1 amide bonds. The molecule has 2 fully saturated rings. The van der Waals surface area contributed by atoms with Crippen molar-refractivity contribution in [1.82, 2.24) is 9.88 Å². The fraction of sp³-hybridized carbons (Fsp3) is 0.474. The van der Waals surface area contributed by atoms with Crippen LogP contribution in [0.2, 0.25) is 0 Å². The Morgan fingerprint density at radius 1 is 1.17 bits per heavy atom. The lowest BCUT2D eigenvalue weighted by atomic mass is 10.1. The van der Waals surface area contributed by atoms with E-state index in [9.17, 15) is 4.79 Å². The zero-order valence-electron chi connectivity index (χ0n) is 14.3. The maximum absolute atomic E-state index is 12.2. The molecule has 4 rings (SSSR count). The number of carbonyl (C=O) groups excluding carboxylic acids is 1. The Balaban J connectivity index is 1.60. The highest BCUT2D eigenvalue weighted by Gasteiger charge is 2.34. The molecule has 126 valence electrons. The lowest BCUT2D eigenvalue weighted by Gasteiger charge is -2.36. The molecule has 0 N–H and O–H groups in total. The van der Waals surface area contributed by atoms with Gasteiger partial charge in [0.1, 0.15) is 5.75 Å². The molecule has 1 saturated carbocycles. The van der Waals surface area contributed by atoms with Crippen molar-refractivity contribution in [2.24, 2.45) is 5.92 Å². The van der Waals surface area contributed by atoms with Crippen molar-refractivity contribution in [2.45, 2.75) is 19.8 Å². The third kappa shape index (κ3) is 2.79. The number of hydrogen-bond acceptors (Lipinski definition) is 4. The molecule has 5 heteroatoms. The van der Waals surface area contributed by atoms with Gasteiger partial charge in [-0.2, -0.15) is 0 Å². The van der Waals surface area contributed by atoms with Gasteiger partial charge in [-0.15, -0.1) is 0 Å². The van der Waals surface area contributed by atoms with Gasteiger partial charge in [-0.1, -0.05) is 0 Å². The van der Waals surface area contributed by atoms with Crippen LogP contribution in [0.5, 0.6) is 5.75 Å². The summed E-state index contributed by atoms with van der Waals surface area (Å²) >= 11 is 0. The minimum Gasteiger partial charge on any atom is -0.497 e. The molecule has 2 aliphatic rings. The molecule has 0 bridgehead atoms. The van der Waals surface area contributed by atoms with Crippen LogP contribution in [0, 0.1) is 12.8 Å². The van der Waals surface area contributed by atoms with E-state index < -0.39 is 0 Å². The summed E-state index contributed by atoms with van der Waals surface area (Å²) in [6, 6.07) is 8.15. The largest absolute Gasteiger partial charge is 0.497 e. The van der Waals surface area contributed by atoms with Crippen molar-refractivity contribution in [1.29, 1.82) is 0 Å². The van der Waals surface area contributed by atoms with Crippen molar-refractivity contribution in [2.75, 3.05) is 38.2 Å². The molecule has 1 aromatic heterocycles. The molecule has 24 heavy (non-hydrogen) atoms. The fourth-order valence-corrected chi connectivity index (χ4v) is 3.46. The maximum atomic E-state index is 12.2. The predicted molar refractivity (Wildman–Crippen MR) is 94.5 cm³/mol. The SMILES string of the molecule is COc1ccc2nc(C)cc(N3CCN(C(=O)C4CC4)CC3)c2c1. The first-order valence-electron chi connectivity index (χ1n) is 8.65. The first-order valence-corrected chi connectivity index (χ1v) is 8.65. The molecule has 0 atom stereocenters. The summed E-state index contributed by atoms with van der Waals surface area (Å²) < 4.78 is 5.38. The zero-order valence-corrected chi connectivity index (χ0v) is 14.3. The molecular weight excluding hydrogens is 302 g/mol. The fourth-order valence-electron chi connectivity index (χ4n) is 3.46. The number of aryl methyl sites for hydroxylation is 1. The number of ether oxygens (including phenoxy) is 1. The van der Waals surface area contributed by atoms with Crippen LogP contribution in [-0.4, -0.2) is 49.1 Å². The summed E-state index contributed by atoms with van der Waals surface area (Å²) in [5.74, 6) is 1.51. The second kappa shape index (κ2) is 5.96. The van der Waals surface area contributed by atoms with Crippen LogP contribution in [0.25, 0.3) is 10.9 Å². The molecule has 0 spiro atoms. The third-order valence-electron chi connectivity index (χ3n) is 4.98. The molecule has 5 nitrogen and oxygen atoms in total. The topological polar surface area (TPSA) is 45.7 Å². The van der Waals surface area contributed by atoms with Gasteiger partial charge in [-0.3, -0.25) is 9.78 Å². The van der Waals surface area contributed by atoms with E-state index in [1.165, 1.54) is 5.69 Å². The number of rotatable bonds is 3. The van der Waals surface area contributed by atoms with Gasteiger partial charge in [-0.05, 0) is 44.0 Å². The van der Waals surface area contributed by atoms with Gasteiger partial charge in [0.15, 0.2) is 0 Å². The molecule has 2 aromatic rings. The number of amides is 1. The van der Waals surface area contributed by atoms with E-state index in [4.69, 9.17) is 4.74 Å². The van der Waals surface area contributed by atoms with Crippen LogP contribution in [0.4, 0.5) is 5.69 Å². The Morgan fingerprint density at radius 3 is 2.58 bits per heavy atom. The smallest absolute Gasteiger partial charge is 0.225 e. The van der Waals surface area contributed by atoms with Gasteiger partial charge in [0.05, 0.1) is 12.6 Å². The molecule has 1 aliphatic heterocycles. The van der Waals surface area contributed by atoms with Gasteiger partial charge in [0.25, 0.3) is 0 Å². The van der Waals surface area contributed by atoms with Crippen molar-refractivity contribution in [3.8, 4) is 5.75 Å². The number of benzene rings is 1. The van der Waals surface area contributed by atoms with Crippen molar-refractivity contribution < 1.29 is 9.53 Å². The third-order valence-corrected chi connectivity index (χ3v) is 4.98. The summed E-state index contributed by atoms with van der Waals surface area (Å²) in [5, 5.41) is 1.11. The number of nitrogens with zero attached hydrogens (tertiary/aromatic N) is 3. The Labute approximate surface area is 142 Å². The summed E-state index contributed by atoms with van der Waals surface area (Å²) in [5.41, 5.74) is 3.19. The highest BCUT2D eigenvalue weighted by molar-refractivity contribution is 5.93. The van der Waals surface area contributed by atoms with Crippen LogP contribution >= 0.6 is 0 Å². The number of hydrogen-bond donors (Lipinski definition) is 0. The maximum Gasteiger partial charge on any atom is 0.225 e. The van der Waals surface area contributed by atoms with E-state index in [0.29, 0.717) is 11.8 Å². The summed E-state index contributed by atoms with van der Waals surface area (Å²) in [6.45, 7) is 5.38. The van der Waals surface area contributed by atoms with E-state index in [1.807, 2.05) is 24.0 Å². The van der Waals surface area contributed by atoms with E-state index in [2.05, 4.69) is 22.0 Å². The van der Waals surface area contributed by atoms with Crippen LogP contribution in [0.3, 0.4) is 0 Å². The molecule has 0 radical (unpaired) electrons. The van der Waals surface area contributed by atoms with Crippen molar-refractivity contribution in [3.05, 3.63) is 30.0 Å². The van der Waals surface area contributed by atoms with E-state index >= 15 is 0 Å². The molecular formula is C19H23N3O2. The van der Waals surface area contributed by atoms with Crippen LogP contribution < -0.4 is 9.64 Å². The minimum absolute atomic E-state index is 0.310. The Bertz CT molecular complexity index is 778. The van der Waals surface area contributed by atoms with Gasteiger partial charge < -0.3 is 14.5 Å². The van der Waals surface area contributed by atoms with Crippen LogP contribution in [0.1, 0.15) is 18.5 Å². The number of pyridine rings is 1. The van der Waals surface area contributed by atoms with Crippen LogP contribution in [-0.2, 0) is 4.79 Å². The second-order valence-electron chi connectivity index (χ2n) is 6.75. The molecule has 1 aromatic carbocycles. The number of aromatic nitrogens is 1. The quantitative estimate of drug-likeness (QED) is 0.870. The van der Waals surface area contributed by atoms with Crippen molar-refractivity contribution in [3.63, 3.8) is 0 Å². The number of anilines is 1. The summed E-state index contributed by atoms with van der Waals surface area (Å²) in [4.78, 5) is 21.3. The second-order valence-corrected chi connectivity index (χ2v) is 6.75. The summed E-state index contributed by atoms with van der Waals surface area (Å²) in [6.07, 6.45) is 2.15. The van der Waals surface area contributed by atoms with E-state index in [-0.39, 0.29) is 0 Å². The van der Waals surface area contributed by atoms with Crippen molar-refractivity contribution >= 4 is 22.5 Å². The zero-order chi connectivity index (χ0) is 16.7. The monoisotopic (exact) mass is 325 g/mol. The average molecular weight is 325 g/mol. The Morgan fingerprint density at radius 2 is 1.92 bits per heavy atom. The Kier molecular flexibility index (Phi) is 3.79. The number of fused-ring (bicyclic) bond motifs is 1.